The van der Waals surface area contributed by atoms with E-state index in [0.29, 0.717) is 0 Å². The molecule has 0 radical (unpaired) electrons. The lowest BCUT2D eigenvalue weighted by molar-refractivity contribution is 0.171. The lowest BCUT2D eigenvalue weighted by atomic mass is 9.73. The van der Waals surface area contributed by atoms with Gasteiger partial charge in [0, 0.05) is 0 Å². The first-order valence-corrected chi connectivity index (χ1v) is 7.67. The van der Waals surface area contributed by atoms with E-state index in [-0.39, 0.29) is 0 Å². The molecule has 1 aromatic carbocycles. The molecular formula is C17H27NO. The maximum Gasteiger partial charge on any atom is 0.119 e. The summed E-state index contributed by atoms with van der Waals surface area (Å²) in [7, 11) is 0. The van der Waals surface area contributed by atoms with Gasteiger partial charge in [0.05, 0.1) is 6.61 Å². The molecule has 1 fully saturated rings. The van der Waals surface area contributed by atoms with Gasteiger partial charge in [-0.2, -0.15) is 0 Å². The molecule has 3 atom stereocenters. The van der Waals surface area contributed by atoms with Gasteiger partial charge in [-0.15, -0.1) is 0 Å². The number of ether oxygens (including phenoxy) is 1. The summed E-state index contributed by atoms with van der Waals surface area (Å²) >= 11 is 0. The van der Waals surface area contributed by atoms with Crippen LogP contribution in [0.15, 0.2) is 30.3 Å². The fourth-order valence-electron chi connectivity index (χ4n) is 3.28. The van der Waals surface area contributed by atoms with E-state index in [0.717, 1.165) is 43.1 Å². The number of benzene rings is 1. The van der Waals surface area contributed by atoms with Crippen LogP contribution in [0.4, 0.5) is 0 Å². The van der Waals surface area contributed by atoms with Crippen LogP contribution in [-0.4, -0.2) is 13.2 Å². The highest BCUT2D eigenvalue weighted by Gasteiger charge is 2.26. The summed E-state index contributed by atoms with van der Waals surface area (Å²) in [5.41, 5.74) is 5.90. The van der Waals surface area contributed by atoms with Crippen LogP contribution in [0.1, 0.15) is 39.0 Å². The van der Waals surface area contributed by atoms with E-state index in [1.165, 1.54) is 25.7 Å². The molecule has 0 aliphatic heterocycles. The molecule has 0 aromatic heterocycles. The number of hydrogen-bond acceptors (Lipinski definition) is 2. The van der Waals surface area contributed by atoms with Crippen LogP contribution in [0.3, 0.4) is 0 Å². The van der Waals surface area contributed by atoms with Crippen molar-refractivity contribution in [3.05, 3.63) is 30.3 Å². The normalized spacial score (nSPS) is 27.2. The van der Waals surface area contributed by atoms with Gasteiger partial charge < -0.3 is 10.5 Å². The molecule has 0 amide bonds. The Morgan fingerprint density at radius 1 is 1.16 bits per heavy atom. The smallest absolute Gasteiger partial charge is 0.119 e. The number of hydrogen-bond donors (Lipinski definition) is 1. The van der Waals surface area contributed by atoms with Crippen molar-refractivity contribution >= 4 is 0 Å². The second-order valence-corrected chi connectivity index (χ2v) is 5.98. The van der Waals surface area contributed by atoms with Crippen LogP contribution < -0.4 is 10.5 Å². The third-order valence-corrected chi connectivity index (χ3v) is 4.44. The summed E-state index contributed by atoms with van der Waals surface area (Å²) in [4.78, 5) is 0. The van der Waals surface area contributed by atoms with Crippen molar-refractivity contribution in [2.24, 2.45) is 23.5 Å². The molecule has 1 aliphatic carbocycles. The lowest BCUT2D eigenvalue weighted by Crippen LogP contribution is -2.29. The fourth-order valence-corrected chi connectivity index (χ4v) is 3.28. The Hall–Kier alpha value is -1.02. The summed E-state index contributed by atoms with van der Waals surface area (Å²) in [6.07, 6.45) is 6.44. The third kappa shape index (κ3) is 4.54. The third-order valence-electron chi connectivity index (χ3n) is 4.44. The van der Waals surface area contributed by atoms with Crippen molar-refractivity contribution in [1.82, 2.24) is 0 Å². The summed E-state index contributed by atoms with van der Waals surface area (Å²) in [5, 5.41) is 0. The SMILES string of the molecule is CC1CCC(CN)C(CCCOc2ccccc2)C1. The van der Waals surface area contributed by atoms with Gasteiger partial charge in [0.2, 0.25) is 0 Å². The van der Waals surface area contributed by atoms with Gasteiger partial charge in [-0.05, 0) is 62.1 Å². The molecule has 1 aliphatic rings. The highest BCUT2D eigenvalue weighted by atomic mass is 16.5. The van der Waals surface area contributed by atoms with Crippen LogP contribution in [-0.2, 0) is 0 Å². The zero-order chi connectivity index (χ0) is 13.5. The Balaban J connectivity index is 1.69. The molecule has 19 heavy (non-hydrogen) atoms. The van der Waals surface area contributed by atoms with Gasteiger partial charge in [-0.3, -0.25) is 0 Å². The molecular weight excluding hydrogens is 234 g/mol. The molecule has 1 aromatic rings. The fraction of sp³-hybridized carbons (Fsp3) is 0.647. The first-order valence-electron chi connectivity index (χ1n) is 7.67. The number of para-hydroxylation sites is 1. The minimum Gasteiger partial charge on any atom is -0.494 e. The van der Waals surface area contributed by atoms with Gasteiger partial charge in [0.25, 0.3) is 0 Å². The molecule has 2 nitrogen and oxygen atoms in total. The van der Waals surface area contributed by atoms with Gasteiger partial charge in [0.1, 0.15) is 5.75 Å². The summed E-state index contributed by atoms with van der Waals surface area (Å²) in [6.45, 7) is 4.06. The summed E-state index contributed by atoms with van der Waals surface area (Å²) in [6, 6.07) is 10.1. The quantitative estimate of drug-likeness (QED) is 0.789. The van der Waals surface area contributed by atoms with E-state index in [4.69, 9.17) is 10.5 Å². The van der Waals surface area contributed by atoms with E-state index in [9.17, 15) is 0 Å². The van der Waals surface area contributed by atoms with Gasteiger partial charge >= 0.3 is 0 Å². The van der Waals surface area contributed by atoms with Gasteiger partial charge in [-0.25, -0.2) is 0 Å². The Morgan fingerprint density at radius 3 is 2.68 bits per heavy atom. The van der Waals surface area contributed by atoms with E-state index in [2.05, 4.69) is 6.92 Å². The van der Waals surface area contributed by atoms with Crippen LogP contribution >= 0.6 is 0 Å². The van der Waals surface area contributed by atoms with Crippen molar-refractivity contribution in [3.63, 3.8) is 0 Å². The second kappa shape index (κ2) is 7.54. The van der Waals surface area contributed by atoms with E-state index in [1.54, 1.807) is 0 Å². The van der Waals surface area contributed by atoms with Crippen LogP contribution in [0.5, 0.6) is 5.75 Å². The molecule has 3 unspecified atom stereocenters. The number of nitrogens with two attached hydrogens (primary N) is 1. The minimum absolute atomic E-state index is 0.743. The first-order chi connectivity index (χ1) is 9.29. The molecule has 2 rings (SSSR count). The zero-order valence-electron chi connectivity index (χ0n) is 12.1. The maximum absolute atomic E-state index is 5.90. The Morgan fingerprint density at radius 2 is 1.95 bits per heavy atom. The molecule has 1 saturated carbocycles. The van der Waals surface area contributed by atoms with Crippen molar-refractivity contribution < 1.29 is 4.74 Å². The first kappa shape index (κ1) is 14.4. The molecule has 2 heteroatoms. The molecule has 0 bridgehead atoms. The monoisotopic (exact) mass is 261 g/mol. The number of rotatable bonds is 6. The molecule has 0 heterocycles. The van der Waals surface area contributed by atoms with Crippen molar-refractivity contribution in [3.8, 4) is 5.75 Å². The van der Waals surface area contributed by atoms with Crippen molar-refractivity contribution in [2.45, 2.75) is 39.0 Å². The highest BCUT2D eigenvalue weighted by molar-refractivity contribution is 5.20. The van der Waals surface area contributed by atoms with Crippen LogP contribution in [0.25, 0.3) is 0 Å². The predicted molar refractivity (Wildman–Crippen MR) is 80.2 cm³/mol. The Bertz CT molecular complexity index is 352. The molecule has 0 spiro atoms. The largest absolute Gasteiger partial charge is 0.494 e. The molecule has 2 N–H and O–H groups in total. The van der Waals surface area contributed by atoms with Gasteiger partial charge in [0.15, 0.2) is 0 Å². The Labute approximate surface area is 117 Å². The standard InChI is InChI=1S/C17H27NO/c1-14-9-10-16(13-18)15(12-14)6-5-11-19-17-7-3-2-4-8-17/h2-4,7-8,14-16H,5-6,9-13,18H2,1H3. The Kier molecular flexibility index (Phi) is 5.71. The highest BCUT2D eigenvalue weighted by Crippen LogP contribution is 2.35. The minimum atomic E-state index is 0.743. The average Bonchev–Trinajstić information content (AvgIpc) is 2.45. The van der Waals surface area contributed by atoms with Crippen molar-refractivity contribution in [2.75, 3.05) is 13.2 Å². The van der Waals surface area contributed by atoms with Crippen molar-refractivity contribution in [1.29, 1.82) is 0 Å². The van der Waals surface area contributed by atoms with Crippen LogP contribution in [0, 0.1) is 17.8 Å². The molecule has 106 valence electrons. The zero-order valence-corrected chi connectivity index (χ0v) is 12.1. The lowest BCUT2D eigenvalue weighted by Gasteiger charge is -2.34. The predicted octanol–water partition coefficient (Wildman–Crippen LogP) is 3.86. The average molecular weight is 261 g/mol. The molecule has 0 saturated heterocycles. The van der Waals surface area contributed by atoms with E-state index < -0.39 is 0 Å². The topological polar surface area (TPSA) is 35.2 Å². The van der Waals surface area contributed by atoms with Gasteiger partial charge in [-0.1, -0.05) is 31.5 Å². The summed E-state index contributed by atoms with van der Waals surface area (Å²) < 4.78 is 5.76. The van der Waals surface area contributed by atoms with Crippen LogP contribution in [0.2, 0.25) is 0 Å². The summed E-state index contributed by atoms with van der Waals surface area (Å²) in [5.74, 6) is 3.42. The van der Waals surface area contributed by atoms with E-state index >= 15 is 0 Å². The maximum atomic E-state index is 5.90. The second-order valence-electron chi connectivity index (χ2n) is 5.98. The van der Waals surface area contributed by atoms with E-state index in [1.807, 2.05) is 30.3 Å².